The van der Waals surface area contributed by atoms with Gasteiger partial charge in [-0.3, -0.25) is 4.79 Å². The van der Waals surface area contributed by atoms with E-state index in [1.165, 1.54) is 12.1 Å². The van der Waals surface area contributed by atoms with Crippen LogP contribution in [0.4, 0.5) is 0 Å². The molecule has 0 heterocycles. The minimum Gasteiger partial charge on any atom is -0.508 e. The van der Waals surface area contributed by atoms with Crippen LogP contribution in [0.2, 0.25) is 0 Å². The van der Waals surface area contributed by atoms with Gasteiger partial charge in [0.25, 0.3) is 5.91 Å². The number of aromatic hydroxyl groups is 1. The Morgan fingerprint density at radius 2 is 1.61 bits per heavy atom. The van der Waals surface area contributed by atoms with Gasteiger partial charge in [-0.1, -0.05) is 30.3 Å². The molecule has 2 rings (SSSR count). The maximum atomic E-state index is 12.4. The number of benzene rings is 2. The molecule has 0 fully saturated rings. The highest BCUT2D eigenvalue weighted by atomic mass is 16.4. The van der Waals surface area contributed by atoms with Gasteiger partial charge < -0.3 is 15.5 Å². The molecule has 1 unspecified atom stereocenters. The predicted octanol–water partition coefficient (Wildman–Crippen LogP) is 2.43. The van der Waals surface area contributed by atoms with Crippen molar-refractivity contribution in [2.75, 3.05) is 0 Å². The average molecular weight is 313 g/mol. The Bertz CT molecular complexity index is 702. The maximum Gasteiger partial charge on any atom is 0.326 e. The van der Waals surface area contributed by atoms with Gasteiger partial charge in [-0.05, 0) is 42.7 Å². The van der Waals surface area contributed by atoms with E-state index in [1.54, 1.807) is 12.1 Å². The van der Waals surface area contributed by atoms with E-state index >= 15 is 0 Å². The smallest absolute Gasteiger partial charge is 0.326 e. The zero-order chi connectivity index (χ0) is 17.0. The fourth-order valence-electron chi connectivity index (χ4n) is 2.47. The van der Waals surface area contributed by atoms with E-state index in [2.05, 4.69) is 5.32 Å². The number of carbonyl (C=O) groups excluding carboxylic acids is 1. The average Bonchev–Trinajstić information content (AvgIpc) is 2.48. The molecular formula is C18H19NO4. The Labute approximate surface area is 134 Å². The summed E-state index contributed by atoms with van der Waals surface area (Å²) in [7, 11) is 0. The Kier molecular flexibility index (Phi) is 5.01. The molecule has 2 aromatic rings. The van der Waals surface area contributed by atoms with Gasteiger partial charge in [0, 0.05) is 12.0 Å². The molecule has 0 saturated heterocycles. The van der Waals surface area contributed by atoms with E-state index in [0.717, 1.165) is 16.7 Å². The molecule has 5 heteroatoms. The first-order valence-electron chi connectivity index (χ1n) is 7.26. The minimum absolute atomic E-state index is 0.111. The first-order valence-corrected chi connectivity index (χ1v) is 7.26. The van der Waals surface area contributed by atoms with Crippen LogP contribution < -0.4 is 5.32 Å². The number of carboxylic acid groups (broad SMARTS) is 1. The second kappa shape index (κ2) is 6.96. The van der Waals surface area contributed by atoms with Gasteiger partial charge in [0.2, 0.25) is 0 Å². The molecule has 0 aliphatic rings. The molecule has 0 aliphatic heterocycles. The van der Waals surface area contributed by atoms with Crippen molar-refractivity contribution >= 4 is 11.9 Å². The molecule has 3 N–H and O–H groups in total. The Morgan fingerprint density at radius 1 is 1.04 bits per heavy atom. The highest BCUT2D eigenvalue weighted by Crippen LogP contribution is 2.15. The summed E-state index contributed by atoms with van der Waals surface area (Å²) in [5.74, 6) is -1.38. The van der Waals surface area contributed by atoms with Crippen molar-refractivity contribution in [1.82, 2.24) is 5.32 Å². The molecule has 120 valence electrons. The molecule has 0 saturated carbocycles. The van der Waals surface area contributed by atoms with Crippen molar-refractivity contribution in [2.24, 2.45) is 0 Å². The molecule has 0 radical (unpaired) electrons. The summed E-state index contributed by atoms with van der Waals surface area (Å²) in [5.41, 5.74) is 2.83. The van der Waals surface area contributed by atoms with Crippen LogP contribution in [-0.4, -0.2) is 28.1 Å². The lowest BCUT2D eigenvalue weighted by molar-refractivity contribution is -0.139. The number of nitrogens with one attached hydrogen (secondary N) is 1. The molecule has 0 spiro atoms. The number of rotatable bonds is 5. The Hall–Kier alpha value is -2.82. The van der Waals surface area contributed by atoms with Crippen molar-refractivity contribution in [2.45, 2.75) is 26.3 Å². The van der Waals surface area contributed by atoms with Crippen LogP contribution in [0.1, 0.15) is 27.0 Å². The first kappa shape index (κ1) is 16.5. The van der Waals surface area contributed by atoms with Crippen LogP contribution in [0.15, 0.2) is 42.5 Å². The number of carboxylic acids is 1. The van der Waals surface area contributed by atoms with Gasteiger partial charge in [-0.2, -0.15) is 0 Å². The fraction of sp³-hybridized carbons (Fsp3) is 0.222. The number of aliphatic carboxylic acids is 1. The third kappa shape index (κ3) is 4.10. The van der Waals surface area contributed by atoms with Crippen molar-refractivity contribution in [3.05, 3.63) is 64.7 Å². The highest BCUT2D eigenvalue weighted by molar-refractivity contribution is 5.99. The van der Waals surface area contributed by atoms with Crippen LogP contribution in [0.25, 0.3) is 0 Å². The van der Waals surface area contributed by atoms with Crippen LogP contribution >= 0.6 is 0 Å². The summed E-state index contributed by atoms with van der Waals surface area (Å²) in [6.07, 6.45) is 0.145. The monoisotopic (exact) mass is 313 g/mol. The van der Waals surface area contributed by atoms with Crippen LogP contribution in [0, 0.1) is 13.8 Å². The molecular weight excluding hydrogens is 294 g/mol. The fourth-order valence-corrected chi connectivity index (χ4v) is 2.47. The van der Waals surface area contributed by atoms with E-state index in [-0.39, 0.29) is 12.2 Å². The predicted molar refractivity (Wildman–Crippen MR) is 86.6 cm³/mol. The van der Waals surface area contributed by atoms with Gasteiger partial charge in [0.05, 0.1) is 0 Å². The summed E-state index contributed by atoms with van der Waals surface area (Å²) in [5, 5.41) is 21.2. The minimum atomic E-state index is -1.10. The van der Waals surface area contributed by atoms with Gasteiger partial charge in [-0.25, -0.2) is 4.79 Å². The zero-order valence-corrected chi connectivity index (χ0v) is 13.0. The Morgan fingerprint density at radius 3 is 2.13 bits per heavy atom. The summed E-state index contributed by atoms with van der Waals surface area (Å²) >= 11 is 0. The lowest BCUT2D eigenvalue weighted by Crippen LogP contribution is -2.42. The number of aryl methyl sites for hydroxylation is 2. The normalized spacial score (nSPS) is 11.7. The maximum absolute atomic E-state index is 12.4. The molecule has 1 amide bonds. The summed E-state index contributed by atoms with van der Waals surface area (Å²) in [4.78, 5) is 23.9. The highest BCUT2D eigenvalue weighted by Gasteiger charge is 2.22. The summed E-state index contributed by atoms with van der Waals surface area (Å²) in [6, 6.07) is 10.7. The lowest BCUT2D eigenvalue weighted by Gasteiger charge is -2.17. The standard InChI is InChI=1S/C18H19NO4/c1-11-4-3-5-12(2)16(11)17(21)19-15(18(22)23)10-13-6-8-14(20)9-7-13/h3-9,15,20H,10H2,1-2H3,(H,19,21)(H,22,23). The number of amides is 1. The topological polar surface area (TPSA) is 86.6 Å². The summed E-state index contributed by atoms with van der Waals surface area (Å²) < 4.78 is 0. The van der Waals surface area contributed by atoms with Gasteiger partial charge in [0.15, 0.2) is 0 Å². The van der Waals surface area contributed by atoms with Crippen molar-refractivity contribution < 1.29 is 19.8 Å². The van der Waals surface area contributed by atoms with Gasteiger partial charge >= 0.3 is 5.97 Å². The van der Waals surface area contributed by atoms with Crippen molar-refractivity contribution in [3.8, 4) is 5.75 Å². The molecule has 0 aliphatic carbocycles. The van der Waals surface area contributed by atoms with Crippen molar-refractivity contribution in [1.29, 1.82) is 0 Å². The number of phenols is 1. The van der Waals surface area contributed by atoms with E-state index in [1.807, 2.05) is 32.0 Å². The number of phenolic OH excluding ortho intramolecular Hbond substituents is 1. The third-order valence-electron chi connectivity index (χ3n) is 3.69. The number of hydrogen-bond acceptors (Lipinski definition) is 3. The number of hydrogen-bond donors (Lipinski definition) is 3. The van der Waals surface area contributed by atoms with E-state index in [9.17, 15) is 19.8 Å². The number of carbonyl (C=O) groups is 2. The molecule has 0 aromatic heterocycles. The first-order chi connectivity index (χ1) is 10.9. The largest absolute Gasteiger partial charge is 0.508 e. The molecule has 23 heavy (non-hydrogen) atoms. The van der Waals surface area contributed by atoms with Crippen LogP contribution in [-0.2, 0) is 11.2 Å². The Balaban J connectivity index is 2.18. The van der Waals surface area contributed by atoms with Gasteiger partial charge in [0.1, 0.15) is 11.8 Å². The van der Waals surface area contributed by atoms with Crippen LogP contribution in [0.5, 0.6) is 5.75 Å². The second-order valence-corrected chi connectivity index (χ2v) is 5.50. The van der Waals surface area contributed by atoms with Crippen molar-refractivity contribution in [3.63, 3.8) is 0 Å². The molecule has 1 atom stereocenters. The molecule has 0 bridgehead atoms. The molecule has 5 nitrogen and oxygen atoms in total. The van der Waals surface area contributed by atoms with Crippen LogP contribution in [0.3, 0.4) is 0 Å². The van der Waals surface area contributed by atoms with E-state index in [0.29, 0.717) is 5.56 Å². The van der Waals surface area contributed by atoms with Gasteiger partial charge in [-0.15, -0.1) is 0 Å². The quantitative estimate of drug-likeness (QED) is 0.791. The third-order valence-corrected chi connectivity index (χ3v) is 3.69. The van der Waals surface area contributed by atoms with E-state index in [4.69, 9.17) is 0 Å². The molecule has 2 aromatic carbocycles. The lowest BCUT2D eigenvalue weighted by atomic mass is 10.0. The second-order valence-electron chi connectivity index (χ2n) is 5.50. The SMILES string of the molecule is Cc1cccc(C)c1C(=O)NC(Cc1ccc(O)cc1)C(=O)O. The summed E-state index contributed by atoms with van der Waals surface area (Å²) in [6.45, 7) is 3.63. The van der Waals surface area contributed by atoms with E-state index < -0.39 is 17.9 Å². The zero-order valence-electron chi connectivity index (χ0n) is 13.0.